The third-order valence-electron chi connectivity index (χ3n) is 2.31. The fourth-order valence-corrected chi connectivity index (χ4v) is 1.63. The van der Waals surface area contributed by atoms with Crippen molar-refractivity contribution in [2.24, 2.45) is 0 Å². The van der Waals surface area contributed by atoms with Crippen LogP contribution in [0.25, 0.3) is 11.1 Å². The van der Waals surface area contributed by atoms with Gasteiger partial charge >= 0.3 is 0 Å². The van der Waals surface area contributed by atoms with E-state index in [0.717, 1.165) is 6.07 Å². The number of benzene rings is 2. The van der Waals surface area contributed by atoms with Crippen LogP contribution in [-0.2, 0) is 0 Å². The largest absolute Gasteiger partial charge is 0.506 e. The number of nitriles is 1. The number of aromatic hydroxyl groups is 1. The van der Waals surface area contributed by atoms with Crippen LogP contribution in [0, 0.1) is 17.1 Å². The van der Waals surface area contributed by atoms with Gasteiger partial charge in [0.25, 0.3) is 0 Å². The van der Waals surface area contributed by atoms with E-state index in [4.69, 9.17) is 16.9 Å². The number of hydrogen-bond donors (Lipinski definition) is 1. The third kappa shape index (κ3) is 2.38. The number of rotatable bonds is 1. The maximum atomic E-state index is 13.2. The summed E-state index contributed by atoms with van der Waals surface area (Å²) in [5.41, 5.74) is 1.35. The first-order valence-electron chi connectivity index (χ1n) is 4.80. The molecule has 84 valence electrons. The Morgan fingerprint density at radius 2 is 1.88 bits per heavy atom. The SMILES string of the molecule is N#Cc1cc(F)cc(-c2ccc(Cl)c(O)c2)c1. The van der Waals surface area contributed by atoms with E-state index < -0.39 is 5.82 Å². The smallest absolute Gasteiger partial charge is 0.134 e. The Morgan fingerprint density at radius 1 is 1.12 bits per heavy atom. The van der Waals surface area contributed by atoms with E-state index in [-0.39, 0.29) is 16.3 Å². The Bertz CT molecular complexity index is 619. The average molecular weight is 248 g/mol. The van der Waals surface area contributed by atoms with E-state index in [1.807, 2.05) is 6.07 Å². The summed E-state index contributed by atoms with van der Waals surface area (Å²) in [4.78, 5) is 0. The molecule has 0 aliphatic rings. The van der Waals surface area contributed by atoms with Gasteiger partial charge in [-0.3, -0.25) is 0 Å². The predicted octanol–water partition coefficient (Wildman–Crippen LogP) is 3.72. The van der Waals surface area contributed by atoms with Crippen molar-refractivity contribution in [3.8, 4) is 22.9 Å². The average Bonchev–Trinajstić information content (AvgIpc) is 2.32. The van der Waals surface area contributed by atoms with Crippen LogP contribution < -0.4 is 0 Å². The maximum Gasteiger partial charge on any atom is 0.134 e. The van der Waals surface area contributed by atoms with E-state index in [9.17, 15) is 9.50 Å². The highest BCUT2D eigenvalue weighted by Crippen LogP contribution is 2.30. The van der Waals surface area contributed by atoms with Crippen molar-refractivity contribution in [3.63, 3.8) is 0 Å². The standard InChI is InChI=1S/C13H7ClFNO/c14-12-2-1-9(6-13(12)17)10-3-8(7-16)4-11(15)5-10/h1-6,17H. The highest BCUT2D eigenvalue weighted by atomic mass is 35.5. The van der Waals surface area contributed by atoms with Gasteiger partial charge in [-0.1, -0.05) is 17.7 Å². The minimum atomic E-state index is -0.492. The van der Waals surface area contributed by atoms with Crippen LogP contribution >= 0.6 is 11.6 Å². The molecule has 0 spiro atoms. The molecule has 2 aromatic rings. The molecule has 2 rings (SSSR count). The Hall–Kier alpha value is -2.05. The summed E-state index contributed by atoms with van der Waals surface area (Å²) < 4.78 is 13.2. The van der Waals surface area contributed by atoms with Crippen LogP contribution in [0.15, 0.2) is 36.4 Å². The lowest BCUT2D eigenvalue weighted by Gasteiger charge is -2.04. The molecule has 0 aromatic heterocycles. The number of halogens is 2. The zero-order chi connectivity index (χ0) is 12.4. The summed E-state index contributed by atoms with van der Waals surface area (Å²) in [6.07, 6.45) is 0. The molecule has 0 aliphatic carbocycles. The zero-order valence-corrected chi connectivity index (χ0v) is 9.37. The lowest BCUT2D eigenvalue weighted by Crippen LogP contribution is -1.84. The molecular formula is C13H7ClFNO. The fourth-order valence-electron chi connectivity index (χ4n) is 1.51. The highest BCUT2D eigenvalue weighted by Gasteiger charge is 2.05. The minimum Gasteiger partial charge on any atom is -0.506 e. The van der Waals surface area contributed by atoms with E-state index in [1.165, 1.54) is 18.2 Å². The van der Waals surface area contributed by atoms with Crippen LogP contribution in [0.1, 0.15) is 5.56 Å². The molecule has 0 saturated heterocycles. The Kier molecular flexibility index (Phi) is 2.99. The third-order valence-corrected chi connectivity index (χ3v) is 2.63. The van der Waals surface area contributed by atoms with Gasteiger partial charge in [-0.05, 0) is 41.5 Å². The van der Waals surface area contributed by atoms with Gasteiger partial charge in [-0.2, -0.15) is 5.26 Å². The molecule has 0 unspecified atom stereocenters. The molecular weight excluding hydrogens is 241 g/mol. The van der Waals surface area contributed by atoms with E-state index in [0.29, 0.717) is 11.1 Å². The van der Waals surface area contributed by atoms with E-state index in [2.05, 4.69) is 0 Å². The first kappa shape index (κ1) is 11.4. The lowest BCUT2D eigenvalue weighted by molar-refractivity contribution is 0.476. The molecule has 17 heavy (non-hydrogen) atoms. The van der Waals surface area contributed by atoms with Gasteiger partial charge in [0.05, 0.1) is 16.7 Å². The summed E-state index contributed by atoms with van der Waals surface area (Å²) in [6, 6.07) is 10.5. The van der Waals surface area contributed by atoms with Gasteiger partial charge in [0.1, 0.15) is 11.6 Å². The van der Waals surface area contributed by atoms with Crippen LogP contribution in [0.2, 0.25) is 5.02 Å². The number of nitrogens with zero attached hydrogens (tertiary/aromatic N) is 1. The van der Waals surface area contributed by atoms with Crippen LogP contribution in [-0.4, -0.2) is 5.11 Å². The van der Waals surface area contributed by atoms with Crippen molar-refractivity contribution < 1.29 is 9.50 Å². The Morgan fingerprint density at radius 3 is 2.53 bits per heavy atom. The second-order valence-corrected chi connectivity index (χ2v) is 3.91. The summed E-state index contributed by atoms with van der Waals surface area (Å²) in [7, 11) is 0. The van der Waals surface area contributed by atoms with Crippen molar-refractivity contribution in [3.05, 3.63) is 52.8 Å². The monoisotopic (exact) mass is 247 g/mol. The number of phenols is 1. The minimum absolute atomic E-state index is 0.0769. The fraction of sp³-hybridized carbons (Fsp3) is 0. The number of hydrogen-bond acceptors (Lipinski definition) is 2. The molecule has 2 nitrogen and oxygen atoms in total. The lowest BCUT2D eigenvalue weighted by atomic mass is 10.0. The van der Waals surface area contributed by atoms with Crippen LogP contribution in [0.5, 0.6) is 5.75 Å². The van der Waals surface area contributed by atoms with Gasteiger partial charge in [0.15, 0.2) is 0 Å². The summed E-state index contributed by atoms with van der Waals surface area (Å²) in [5, 5.41) is 18.4. The van der Waals surface area contributed by atoms with Gasteiger partial charge in [0.2, 0.25) is 0 Å². The Balaban J connectivity index is 2.56. The molecule has 0 bridgehead atoms. The molecule has 4 heteroatoms. The molecule has 0 heterocycles. The van der Waals surface area contributed by atoms with Crippen LogP contribution in [0.4, 0.5) is 4.39 Å². The van der Waals surface area contributed by atoms with Gasteiger partial charge in [-0.25, -0.2) is 4.39 Å². The van der Waals surface area contributed by atoms with Crippen molar-refractivity contribution in [2.45, 2.75) is 0 Å². The quantitative estimate of drug-likeness (QED) is 0.835. The van der Waals surface area contributed by atoms with E-state index in [1.54, 1.807) is 12.1 Å². The van der Waals surface area contributed by atoms with Crippen molar-refractivity contribution >= 4 is 11.6 Å². The molecule has 0 aliphatic heterocycles. The summed E-state index contributed by atoms with van der Waals surface area (Å²) in [5.74, 6) is -0.569. The molecule has 1 N–H and O–H groups in total. The normalized spacial score (nSPS) is 9.94. The maximum absolute atomic E-state index is 13.2. The molecule has 0 fully saturated rings. The first-order chi connectivity index (χ1) is 8.10. The second kappa shape index (κ2) is 4.44. The Labute approximate surface area is 103 Å². The van der Waals surface area contributed by atoms with Crippen molar-refractivity contribution in [2.75, 3.05) is 0 Å². The number of phenolic OH excluding ortho intramolecular Hbond substituents is 1. The van der Waals surface area contributed by atoms with E-state index >= 15 is 0 Å². The molecule has 0 radical (unpaired) electrons. The molecule has 0 saturated carbocycles. The van der Waals surface area contributed by atoms with Gasteiger partial charge in [0, 0.05) is 0 Å². The van der Waals surface area contributed by atoms with Crippen molar-refractivity contribution in [1.82, 2.24) is 0 Å². The zero-order valence-electron chi connectivity index (χ0n) is 8.61. The first-order valence-corrected chi connectivity index (χ1v) is 5.17. The van der Waals surface area contributed by atoms with Crippen LogP contribution in [0.3, 0.4) is 0 Å². The topological polar surface area (TPSA) is 44.0 Å². The summed E-state index contributed by atoms with van der Waals surface area (Å²) >= 11 is 5.68. The van der Waals surface area contributed by atoms with Crippen molar-refractivity contribution in [1.29, 1.82) is 5.26 Å². The highest BCUT2D eigenvalue weighted by molar-refractivity contribution is 6.32. The van der Waals surface area contributed by atoms with Gasteiger partial charge in [-0.15, -0.1) is 0 Å². The molecule has 2 aromatic carbocycles. The summed E-state index contributed by atoms with van der Waals surface area (Å²) in [6.45, 7) is 0. The molecule has 0 atom stereocenters. The van der Waals surface area contributed by atoms with Gasteiger partial charge < -0.3 is 5.11 Å². The predicted molar refractivity (Wildman–Crippen MR) is 63.2 cm³/mol. The molecule has 0 amide bonds. The second-order valence-electron chi connectivity index (χ2n) is 3.51.